The summed E-state index contributed by atoms with van der Waals surface area (Å²) in [5.74, 6) is -1.90. The van der Waals surface area contributed by atoms with Crippen LogP contribution in [-0.2, 0) is 25.5 Å². The van der Waals surface area contributed by atoms with Gasteiger partial charge in [-0.1, -0.05) is 24.3 Å². The monoisotopic (exact) mass is 571 g/mol. The van der Waals surface area contributed by atoms with Crippen LogP contribution >= 0.6 is 0 Å². The Hall–Kier alpha value is -5.25. The van der Waals surface area contributed by atoms with Gasteiger partial charge in [0.2, 0.25) is 5.91 Å². The molecule has 0 bridgehead atoms. The highest BCUT2D eigenvalue weighted by Crippen LogP contribution is 2.16. The van der Waals surface area contributed by atoms with Gasteiger partial charge >= 0.3 is 17.9 Å². The summed E-state index contributed by atoms with van der Waals surface area (Å²) in [6, 6.07) is 18.4. The lowest BCUT2D eigenvalue weighted by Crippen LogP contribution is -2.43. The van der Waals surface area contributed by atoms with E-state index in [4.69, 9.17) is 25.4 Å². The number of esters is 3. The lowest BCUT2D eigenvalue weighted by atomic mass is 10.0. The first-order valence-corrected chi connectivity index (χ1v) is 13.3. The highest BCUT2D eigenvalue weighted by Gasteiger charge is 2.24. The van der Waals surface area contributed by atoms with Crippen LogP contribution in [0.5, 0.6) is 5.75 Å². The summed E-state index contributed by atoms with van der Waals surface area (Å²) in [5.41, 5.74) is 8.23. The number of carbonyl (C=O) groups excluding carboxylic acids is 4. The summed E-state index contributed by atoms with van der Waals surface area (Å²) in [6.45, 7) is 5.37. The van der Waals surface area contributed by atoms with E-state index in [0.29, 0.717) is 39.1 Å². The predicted octanol–water partition coefficient (Wildman–Crippen LogP) is 4.06. The number of nitrogens with two attached hydrogens (primary N) is 1. The molecule has 42 heavy (non-hydrogen) atoms. The molecule has 1 unspecified atom stereocenters. The number of hydrogen-bond donors (Lipinski definition) is 3. The first kappa shape index (κ1) is 31.3. The van der Waals surface area contributed by atoms with Crippen LogP contribution in [0.25, 0.3) is 6.08 Å². The largest absolute Gasteiger partial charge is 0.464 e. The fourth-order valence-corrected chi connectivity index (χ4v) is 3.88. The molecular formula is C32H33N3O7. The molecule has 0 fully saturated rings. The number of amides is 1. The molecule has 0 radical (unpaired) electrons. The van der Waals surface area contributed by atoms with Crippen molar-refractivity contribution in [2.75, 3.05) is 13.2 Å². The van der Waals surface area contributed by atoms with Crippen LogP contribution in [0.2, 0.25) is 0 Å². The lowest BCUT2D eigenvalue weighted by Gasteiger charge is -2.18. The zero-order valence-electron chi connectivity index (χ0n) is 23.6. The third kappa shape index (κ3) is 8.88. The minimum atomic E-state index is -0.986. The maximum Gasteiger partial charge on any atom is 0.343 e. The lowest BCUT2D eigenvalue weighted by molar-refractivity contribution is -0.147. The number of nitrogens with one attached hydrogen (secondary N) is 2. The van der Waals surface area contributed by atoms with E-state index in [1.54, 1.807) is 99.6 Å². The fourth-order valence-electron chi connectivity index (χ4n) is 3.88. The standard InChI is InChI=1S/C32H33N3O7/c1-4-40-30(37)25-8-6-7-22(18-25)19-27(32(39)41-5-2)35-29(36)20(3)17-21-9-11-24(12-10-21)31(38)42-26-15-13-23(14-16-26)28(33)34/h6-18,27H,4-5,19H2,1-3H3,(H3,33,34)(H,35,36)/b20-17+. The second-order valence-electron chi connectivity index (χ2n) is 9.18. The number of rotatable bonds is 12. The van der Waals surface area contributed by atoms with Crippen molar-refractivity contribution in [1.82, 2.24) is 5.32 Å². The summed E-state index contributed by atoms with van der Waals surface area (Å²) in [7, 11) is 0. The van der Waals surface area contributed by atoms with Crippen LogP contribution in [0, 0.1) is 5.41 Å². The SMILES string of the molecule is CCOC(=O)c1cccc(CC(NC(=O)/C(C)=C/c2ccc(C(=O)Oc3ccc(C(=N)N)cc3)cc2)C(=O)OCC)c1. The Morgan fingerprint density at radius 1 is 0.857 bits per heavy atom. The van der Waals surface area contributed by atoms with E-state index in [2.05, 4.69) is 5.32 Å². The Morgan fingerprint density at radius 2 is 1.50 bits per heavy atom. The zero-order chi connectivity index (χ0) is 30.6. The van der Waals surface area contributed by atoms with Crippen LogP contribution in [0.1, 0.15) is 58.2 Å². The van der Waals surface area contributed by atoms with E-state index in [-0.39, 0.29) is 25.5 Å². The van der Waals surface area contributed by atoms with Gasteiger partial charge in [0.05, 0.1) is 24.3 Å². The van der Waals surface area contributed by atoms with Gasteiger partial charge in [0.1, 0.15) is 17.6 Å². The molecule has 3 aromatic carbocycles. The molecule has 0 aliphatic carbocycles. The average molecular weight is 572 g/mol. The summed E-state index contributed by atoms with van der Waals surface area (Å²) < 4.78 is 15.6. The van der Waals surface area contributed by atoms with Crippen LogP contribution < -0.4 is 15.8 Å². The van der Waals surface area contributed by atoms with E-state index < -0.39 is 29.9 Å². The molecule has 3 aromatic rings. The maximum absolute atomic E-state index is 13.0. The molecule has 4 N–H and O–H groups in total. The van der Waals surface area contributed by atoms with Crippen LogP contribution in [-0.4, -0.2) is 48.9 Å². The summed E-state index contributed by atoms with van der Waals surface area (Å²) >= 11 is 0. The quantitative estimate of drug-likeness (QED) is 0.0965. The van der Waals surface area contributed by atoms with Crippen LogP contribution in [0.3, 0.4) is 0 Å². The molecule has 0 aliphatic rings. The third-order valence-corrected chi connectivity index (χ3v) is 6.02. The van der Waals surface area contributed by atoms with E-state index in [0.717, 1.165) is 0 Å². The van der Waals surface area contributed by atoms with Gasteiger partial charge in [0.25, 0.3) is 0 Å². The molecule has 0 saturated heterocycles. The maximum atomic E-state index is 13.0. The van der Waals surface area contributed by atoms with Crippen molar-refractivity contribution >= 4 is 35.7 Å². The highest BCUT2D eigenvalue weighted by atomic mass is 16.5. The van der Waals surface area contributed by atoms with E-state index in [1.165, 1.54) is 0 Å². The van der Waals surface area contributed by atoms with Gasteiger partial charge in [-0.3, -0.25) is 10.2 Å². The highest BCUT2D eigenvalue weighted by molar-refractivity contribution is 5.99. The summed E-state index contributed by atoms with van der Waals surface area (Å²) in [6.07, 6.45) is 1.73. The van der Waals surface area contributed by atoms with Crippen molar-refractivity contribution in [3.8, 4) is 5.75 Å². The first-order chi connectivity index (χ1) is 20.1. The second-order valence-corrected chi connectivity index (χ2v) is 9.18. The van der Waals surface area contributed by atoms with E-state index in [9.17, 15) is 19.2 Å². The number of carbonyl (C=O) groups is 4. The molecule has 0 heterocycles. The van der Waals surface area contributed by atoms with Gasteiger partial charge in [0.15, 0.2) is 0 Å². The van der Waals surface area contributed by atoms with E-state index >= 15 is 0 Å². The van der Waals surface area contributed by atoms with Crippen molar-refractivity contribution in [3.63, 3.8) is 0 Å². The topological polar surface area (TPSA) is 158 Å². The molecule has 0 aromatic heterocycles. The summed E-state index contributed by atoms with van der Waals surface area (Å²) in [5, 5.41) is 10.1. The number of hydrogen-bond acceptors (Lipinski definition) is 8. The Morgan fingerprint density at radius 3 is 2.12 bits per heavy atom. The van der Waals surface area contributed by atoms with Crippen LogP contribution in [0.15, 0.2) is 78.4 Å². The molecule has 0 saturated carbocycles. The normalized spacial score (nSPS) is 11.6. The van der Waals surface area contributed by atoms with E-state index in [1.807, 2.05) is 0 Å². The molecule has 10 nitrogen and oxygen atoms in total. The Bertz CT molecular complexity index is 1480. The fraction of sp³-hybridized carbons (Fsp3) is 0.219. The molecule has 218 valence electrons. The number of nitrogen functional groups attached to an aromatic ring is 1. The third-order valence-electron chi connectivity index (χ3n) is 6.02. The van der Waals surface area contributed by atoms with Crippen molar-refractivity contribution in [3.05, 3.63) is 106 Å². The minimum Gasteiger partial charge on any atom is -0.464 e. The molecule has 1 atom stereocenters. The Labute approximate surface area is 244 Å². The van der Waals surface area contributed by atoms with Crippen molar-refractivity contribution < 1.29 is 33.4 Å². The van der Waals surface area contributed by atoms with Crippen molar-refractivity contribution in [2.24, 2.45) is 5.73 Å². The zero-order valence-corrected chi connectivity index (χ0v) is 23.6. The van der Waals surface area contributed by atoms with Gasteiger partial charge in [-0.15, -0.1) is 0 Å². The van der Waals surface area contributed by atoms with Gasteiger partial charge in [-0.25, -0.2) is 14.4 Å². The predicted molar refractivity (Wildman–Crippen MR) is 157 cm³/mol. The van der Waals surface area contributed by atoms with Gasteiger partial charge in [-0.05, 0) is 86.5 Å². The van der Waals surface area contributed by atoms with Crippen molar-refractivity contribution in [1.29, 1.82) is 5.41 Å². The molecular weight excluding hydrogens is 538 g/mol. The molecule has 3 rings (SSSR count). The molecule has 0 aliphatic heterocycles. The summed E-state index contributed by atoms with van der Waals surface area (Å²) in [4.78, 5) is 50.3. The van der Waals surface area contributed by atoms with Gasteiger partial charge in [-0.2, -0.15) is 0 Å². The Kier molecular flexibility index (Phi) is 11.1. The smallest absolute Gasteiger partial charge is 0.343 e. The number of amidine groups is 1. The van der Waals surface area contributed by atoms with Crippen LogP contribution in [0.4, 0.5) is 0 Å². The number of benzene rings is 3. The number of ether oxygens (including phenoxy) is 3. The molecule has 1 amide bonds. The van der Waals surface area contributed by atoms with Gasteiger partial charge < -0.3 is 25.3 Å². The minimum absolute atomic E-state index is 0.0854. The average Bonchev–Trinajstić information content (AvgIpc) is 2.97. The van der Waals surface area contributed by atoms with Gasteiger partial charge in [0, 0.05) is 17.6 Å². The Balaban J connectivity index is 1.67. The first-order valence-electron chi connectivity index (χ1n) is 13.3. The molecule has 10 heteroatoms. The molecule has 0 spiro atoms. The second kappa shape index (κ2) is 14.9. The van der Waals surface area contributed by atoms with Crippen molar-refractivity contribution in [2.45, 2.75) is 33.2 Å².